The van der Waals surface area contributed by atoms with Crippen molar-refractivity contribution < 1.29 is 17.2 Å². The molecule has 1 aromatic heterocycles. The van der Waals surface area contributed by atoms with Gasteiger partial charge in [0.1, 0.15) is 23.3 Å². The standard InChI is InChI=1S/C23H22F2N4O2S/c1-2-32(30,31)29-7-4-18(5-8-29)28-23-12-16(9-15-3-6-27-14-20(15)23)17-10-21(24)19(13-26)22(25)11-17/h3,6,9-12,14,18,28H,2,4-5,7-8H2,1H3. The van der Waals surface area contributed by atoms with Gasteiger partial charge in [0.2, 0.25) is 10.0 Å². The molecule has 1 fully saturated rings. The third kappa shape index (κ3) is 4.29. The van der Waals surface area contributed by atoms with Gasteiger partial charge in [-0.05, 0) is 66.6 Å². The smallest absolute Gasteiger partial charge is 0.213 e. The number of pyridine rings is 1. The predicted molar refractivity (Wildman–Crippen MR) is 119 cm³/mol. The molecule has 1 aliphatic heterocycles. The summed E-state index contributed by atoms with van der Waals surface area (Å²) in [7, 11) is -3.21. The molecule has 1 saturated heterocycles. The van der Waals surface area contributed by atoms with Gasteiger partial charge in [0.05, 0.1) is 5.75 Å². The van der Waals surface area contributed by atoms with E-state index < -0.39 is 27.2 Å². The molecule has 0 saturated carbocycles. The van der Waals surface area contributed by atoms with Gasteiger partial charge in [-0.15, -0.1) is 0 Å². The number of nitrogens with zero attached hydrogens (tertiary/aromatic N) is 3. The first-order valence-electron chi connectivity index (χ1n) is 10.3. The van der Waals surface area contributed by atoms with E-state index in [1.807, 2.05) is 12.1 Å². The maximum Gasteiger partial charge on any atom is 0.213 e. The number of piperidine rings is 1. The van der Waals surface area contributed by atoms with E-state index in [1.54, 1.807) is 25.4 Å². The van der Waals surface area contributed by atoms with E-state index in [-0.39, 0.29) is 11.8 Å². The summed E-state index contributed by atoms with van der Waals surface area (Å²) in [5.41, 5.74) is 1.07. The summed E-state index contributed by atoms with van der Waals surface area (Å²) in [6, 6.07) is 9.33. The zero-order valence-electron chi connectivity index (χ0n) is 17.5. The molecule has 1 aliphatic rings. The molecule has 3 aromatic rings. The van der Waals surface area contributed by atoms with Crippen LogP contribution in [0.1, 0.15) is 25.3 Å². The van der Waals surface area contributed by atoms with Crippen LogP contribution in [0.25, 0.3) is 21.9 Å². The number of nitriles is 1. The molecule has 6 nitrogen and oxygen atoms in total. The monoisotopic (exact) mass is 456 g/mol. The van der Waals surface area contributed by atoms with Crippen LogP contribution in [0.15, 0.2) is 42.7 Å². The second-order valence-electron chi connectivity index (χ2n) is 7.77. The number of anilines is 1. The molecule has 0 bridgehead atoms. The SMILES string of the molecule is CCS(=O)(=O)N1CCC(Nc2cc(-c3cc(F)c(C#N)c(F)c3)cc3ccncc23)CC1. The molecule has 1 N–H and O–H groups in total. The van der Waals surface area contributed by atoms with E-state index in [1.165, 1.54) is 10.4 Å². The lowest BCUT2D eigenvalue weighted by atomic mass is 9.98. The van der Waals surface area contributed by atoms with Crippen molar-refractivity contribution in [3.63, 3.8) is 0 Å². The number of hydrogen-bond acceptors (Lipinski definition) is 5. The number of aromatic nitrogens is 1. The van der Waals surface area contributed by atoms with E-state index in [0.717, 1.165) is 28.6 Å². The zero-order valence-corrected chi connectivity index (χ0v) is 18.3. The Labute approximate surface area is 185 Å². The van der Waals surface area contributed by atoms with Gasteiger partial charge in [0, 0.05) is 42.6 Å². The summed E-state index contributed by atoms with van der Waals surface area (Å²) >= 11 is 0. The van der Waals surface area contributed by atoms with Crippen LogP contribution in [0.3, 0.4) is 0 Å². The lowest BCUT2D eigenvalue weighted by Gasteiger charge is -2.32. The number of benzene rings is 2. The van der Waals surface area contributed by atoms with Crippen molar-refractivity contribution in [3.05, 3.63) is 59.9 Å². The first-order chi connectivity index (χ1) is 15.3. The molecule has 0 unspecified atom stereocenters. The summed E-state index contributed by atoms with van der Waals surface area (Å²) < 4.78 is 54.2. The number of hydrogen-bond donors (Lipinski definition) is 1. The van der Waals surface area contributed by atoms with Crippen molar-refractivity contribution in [3.8, 4) is 17.2 Å². The second-order valence-corrected chi connectivity index (χ2v) is 10.0. The summed E-state index contributed by atoms with van der Waals surface area (Å²) in [6.07, 6.45) is 4.65. The van der Waals surface area contributed by atoms with Gasteiger partial charge in [0.25, 0.3) is 0 Å². The lowest BCUT2D eigenvalue weighted by Crippen LogP contribution is -2.42. The first kappa shape index (κ1) is 22.1. The van der Waals surface area contributed by atoms with Crippen LogP contribution in [0, 0.1) is 23.0 Å². The zero-order chi connectivity index (χ0) is 22.9. The van der Waals surface area contributed by atoms with Gasteiger partial charge in [-0.3, -0.25) is 4.98 Å². The normalized spacial score (nSPS) is 15.6. The Morgan fingerprint density at radius 1 is 1.16 bits per heavy atom. The van der Waals surface area contributed by atoms with Gasteiger partial charge < -0.3 is 5.32 Å². The highest BCUT2D eigenvalue weighted by atomic mass is 32.2. The predicted octanol–water partition coefficient (Wildman–Crippen LogP) is 4.28. The lowest BCUT2D eigenvalue weighted by molar-refractivity contribution is 0.330. The molecule has 32 heavy (non-hydrogen) atoms. The molecule has 0 radical (unpaired) electrons. The maximum atomic E-state index is 14.2. The van der Waals surface area contributed by atoms with E-state index in [9.17, 15) is 17.2 Å². The van der Waals surface area contributed by atoms with E-state index in [4.69, 9.17) is 5.26 Å². The number of rotatable bonds is 5. The Morgan fingerprint density at radius 3 is 2.44 bits per heavy atom. The van der Waals surface area contributed by atoms with Crippen LogP contribution in [-0.4, -0.2) is 42.6 Å². The van der Waals surface area contributed by atoms with Gasteiger partial charge in [-0.25, -0.2) is 21.5 Å². The van der Waals surface area contributed by atoms with Crippen molar-refractivity contribution in [2.75, 3.05) is 24.2 Å². The van der Waals surface area contributed by atoms with Gasteiger partial charge in [0.15, 0.2) is 0 Å². The quantitative estimate of drug-likeness (QED) is 0.619. The van der Waals surface area contributed by atoms with E-state index in [2.05, 4.69) is 10.3 Å². The topological polar surface area (TPSA) is 86.1 Å². The van der Waals surface area contributed by atoms with Crippen molar-refractivity contribution >= 4 is 26.5 Å². The van der Waals surface area contributed by atoms with Crippen LogP contribution in [-0.2, 0) is 10.0 Å². The van der Waals surface area contributed by atoms with Gasteiger partial charge >= 0.3 is 0 Å². The Balaban J connectivity index is 1.67. The fourth-order valence-corrected chi connectivity index (χ4v) is 5.14. The Bertz CT molecular complexity index is 1290. The van der Waals surface area contributed by atoms with Gasteiger partial charge in [-0.1, -0.05) is 0 Å². The minimum Gasteiger partial charge on any atom is -0.382 e. The third-order valence-corrected chi connectivity index (χ3v) is 7.70. The van der Waals surface area contributed by atoms with Crippen molar-refractivity contribution in [2.24, 2.45) is 0 Å². The molecule has 0 atom stereocenters. The number of fused-ring (bicyclic) bond motifs is 1. The summed E-state index contributed by atoms with van der Waals surface area (Å²) in [5, 5.41) is 14.1. The molecule has 2 aromatic carbocycles. The average molecular weight is 457 g/mol. The molecule has 4 rings (SSSR count). The average Bonchev–Trinajstić information content (AvgIpc) is 2.79. The van der Waals surface area contributed by atoms with Crippen LogP contribution < -0.4 is 5.32 Å². The molecule has 166 valence electrons. The minimum atomic E-state index is -3.21. The largest absolute Gasteiger partial charge is 0.382 e. The highest BCUT2D eigenvalue weighted by Gasteiger charge is 2.27. The Morgan fingerprint density at radius 2 is 1.81 bits per heavy atom. The van der Waals surface area contributed by atoms with Crippen LogP contribution in [0.4, 0.5) is 14.5 Å². The molecule has 0 aliphatic carbocycles. The number of nitrogens with one attached hydrogen (secondary N) is 1. The van der Waals surface area contributed by atoms with Crippen molar-refractivity contribution in [1.29, 1.82) is 5.26 Å². The van der Waals surface area contributed by atoms with Crippen LogP contribution >= 0.6 is 0 Å². The third-order valence-electron chi connectivity index (χ3n) is 5.81. The first-order valence-corrected chi connectivity index (χ1v) is 11.9. The minimum absolute atomic E-state index is 0.0476. The van der Waals surface area contributed by atoms with Crippen LogP contribution in [0.2, 0.25) is 0 Å². The van der Waals surface area contributed by atoms with Crippen molar-refractivity contribution in [1.82, 2.24) is 9.29 Å². The second kappa shape index (κ2) is 8.81. The summed E-state index contributed by atoms with van der Waals surface area (Å²) in [4.78, 5) is 4.19. The molecule has 2 heterocycles. The molecular formula is C23H22F2N4O2S. The van der Waals surface area contributed by atoms with E-state index in [0.29, 0.717) is 37.1 Å². The molecule has 9 heteroatoms. The fourth-order valence-electron chi connectivity index (χ4n) is 4.01. The van der Waals surface area contributed by atoms with E-state index >= 15 is 0 Å². The Kier molecular flexibility index (Phi) is 6.09. The maximum absolute atomic E-state index is 14.2. The van der Waals surface area contributed by atoms with Crippen molar-refractivity contribution in [2.45, 2.75) is 25.8 Å². The van der Waals surface area contributed by atoms with Crippen LogP contribution in [0.5, 0.6) is 0 Å². The highest BCUT2D eigenvalue weighted by molar-refractivity contribution is 7.89. The molecule has 0 spiro atoms. The highest BCUT2D eigenvalue weighted by Crippen LogP contribution is 2.33. The molecule has 0 amide bonds. The number of halogens is 2. The van der Waals surface area contributed by atoms with Gasteiger partial charge in [-0.2, -0.15) is 5.26 Å². The molecular weight excluding hydrogens is 434 g/mol. The summed E-state index contributed by atoms with van der Waals surface area (Å²) in [6.45, 7) is 2.52. The summed E-state index contributed by atoms with van der Waals surface area (Å²) in [5.74, 6) is -1.73. The number of sulfonamides is 1. The Hall–Kier alpha value is -3.09. The fraction of sp³-hybridized carbons (Fsp3) is 0.304.